The van der Waals surface area contributed by atoms with Crippen LogP contribution in [-0.2, 0) is 0 Å². The fraction of sp³-hybridized carbons (Fsp3) is 0.238. The molecule has 2 heterocycles. The first-order valence-electron chi connectivity index (χ1n) is 9.19. The van der Waals surface area contributed by atoms with Crippen LogP contribution in [0.1, 0.15) is 28.8 Å². The van der Waals surface area contributed by atoms with E-state index in [1.807, 2.05) is 31.2 Å². The number of anilines is 1. The predicted molar refractivity (Wildman–Crippen MR) is 107 cm³/mol. The van der Waals surface area contributed by atoms with E-state index in [-0.39, 0.29) is 5.91 Å². The van der Waals surface area contributed by atoms with Gasteiger partial charge in [-0.1, -0.05) is 6.07 Å². The maximum Gasteiger partial charge on any atom is 0.251 e. The lowest BCUT2D eigenvalue weighted by atomic mass is 10.1. The molecule has 0 radical (unpaired) electrons. The molecule has 0 spiro atoms. The Morgan fingerprint density at radius 2 is 2.00 bits per heavy atom. The third-order valence-electron chi connectivity index (χ3n) is 4.50. The molecule has 2 aromatic heterocycles. The molecule has 1 aromatic carbocycles. The molecule has 142 valence electrons. The molecular formula is C21H21N5O2. The zero-order valence-corrected chi connectivity index (χ0v) is 15.8. The molecule has 1 aliphatic rings. The molecular weight excluding hydrogens is 354 g/mol. The van der Waals surface area contributed by atoms with Crippen LogP contribution >= 0.6 is 0 Å². The van der Waals surface area contributed by atoms with Crippen LogP contribution in [0.5, 0.6) is 11.6 Å². The number of hydrogen-bond acceptors (Lipinski definition) is 6. The van der Waals surface area contributed by atoms with Gasteiger partial charge in [-0.05, 0) is 55.7 Å². The third kappa shape index (κ3) is 3.93. The number of nitrogens with one attached hydrogen (secondary N) is 2. The smallest absolute Gasteiger partial charge is 0.251 e. The Labute approximate surface area is 163 Å². The molecule has 1 amide bonds. The Morgan fingerprint density at radius 1 is 1.14 bits per heavy atom. The standard InChI is InChI=1S/C21H21N5O2/c1-13-5-6-14(19(27)25-15-7-8-15)12-18(13)28-20-16(4-3-10-23-20)17-9-11-24-21(22-2)26-17/h3-6,9-12,15H,7-8H2,1-2H3,(H,25,27)(H,22,24,26). The lowest BCUT2D eigenvalue weighted by Crippen LogP contribution is -2.25. The van der Waals surface area contributed by atoms with Gasteiger partial charge in [0.15, 0.2) is 0 Å². The van der Waals surface area contributed by atoms with E-state index in [0.29, 0.717) is 34.9 Å². The summed E-state index contributed by atoms with van der Waals surface area (Å²) < 4.78 is 6.11. The Bertz CT molecular complexity index is 1020. The number of hydrogen-bond donors (Lipinski definition) is 2. The second-order valence-electron chi connectivity index (χ2n) is 6.70. The van der Waals surface area contributed by atoms with Gasteiger partial charge in [-0.3, -0.25) is 4.79 Å². The van der Waals surface area contributed by atoms with Gasteiger partial charge in [0.1, 0.15) is 5.75 Å². The third-order valence-corrected chi connectivity index (χ3v) is 4.50. The van der Waals surface area contributed by atoms with Crippen LogP contribution in [0.4, 0.5) is 5.95 Å². The van der Waals surface area contributed by atoms with Gasteiger partial charge in [-0.2, -0.15) is 0 Å². The van der Waals surface area contributed by atoms with Gasteiger partial charge < -0.3 is 15.4 Å². The van der Waals surface area contributed by atoms with Gasteiger partial charge in [0, 0.05) is 31.0 Å². The molecule has 7 nitrogen and oxygen atoms in total. The van der Waals surface area contributed by atoms with Gasteiger partial charge in [0.2, 0.25) is 11.8 Å². The van der Waals surface area contributed by atoms with E-state index >= 15 is 0 Å². The number of carbonyl (C=O) groups excluding carboxylic acids is 1. The van der Waals surface area contributed by atoms with Crippen LogP contribution in [0, 0.1) is 6.92 Å². The first kappa shape index (κ1) is 17.9. The average Bonchev–Trinajstić information content (AvgIpc) is 3.54. The van der Waals surface area contributed by atoms with Crippen LogP contribution in [0.3, 0.4) is 0 Å². The van der Waals surface area contributed by atoms with Crippen molar-refractivity contribution < 1.29 is 9.53 Å². The Kier molecular flexibility index (Phi) is 4.89. The van der Waals surface area contributed by atoms with Crippen LogP contribution in [0.15, 0.2) is 48.8 Å². The summed E-state index contributed by atoms with van der Waals surface area (Å²) in [5.41, 5.74) is 2.93. The Morgan fingerprint density at radius 3 is 2.79 bits per heavy atom. The van der Waals surface area contributed by atoms with Crippen LogP contribution in [-0.4, -0.2) is 33.9 Å². The molecule has 0 aliphatic heterocycles. The number of pyridine rings is 1. The number of nitrogens with zero attached hydrogens (tertiary/aromatic N) is 3. The average molecular weight is 375 g/mol. The van der Waals surface area contributed by atoms with Gasteiger partial charge in [0.25, 0.3) is 5.91 Å². The van der Waals surface area contributed by atoms with Crippen LogP contribution in [0.2, 0.25) is 0 Å². The second-order valence-corrected chi connectivity index (χ2v) is 6.70. The van der Waals surface area contributed by atoms with Crippen molar-refractivity contribution in [3.05, 3.63) is 59.9 Å². The molecule has 1 saturated carbocycles. The maximum atomic E-state index is 12.4. The highest BCUT2D eigenvalue weighted by atomic mass is 16.5. The summed E-state index contributed by atoms with van der Waals surface area (Å²) in [5.74, 6) is 1.45. The molecule has 28 heavy (non-hydrogen) atoms. The van der Waals surface area contributed by atoms with E-state index in [2.05, 4.69) is 25.6 Å². The molecule has 1 fully saturated rings. The molecule has 0 atom stereocenters. The number of benzene rings is 1. The lowest BCUT2D eigenvalue weighted by Gasteiger charge is -2.13. The van der Waals surface area contributed by atoms with Crippen molar-refractivity contribution in [2.75, 3.05) is 12.4 Å². The van der Waals surface area contributed by atoms with E-state index < -0.39 is 0 Å². The van der Waals surface area contributed by atoms with Crippen molar-refractivity contribution in [2.45, 2.75) is 25.8 Å². The molecule has 0 saturated heterocycles. The normalized spacial score (nSPS) is 13.1. The number of amides is 1. The minimum Gasteiger partial charge on any atom is -0.438 e. The molecule has 0 bridgehead atoms. The topological polar surface area (TPSA) is 89.0 Å². The number of aryl methyl sites for hydroxylation is 1. The zero-order valence-electron chi connectivity index (χ0n) is 15.8. The second kappa shape index (κ2) is 7.64. The van der Waals surface area contributed by atoms with Crippen molar-refractivity contribution >= 4 is 11.9 Å². The maximum absolute atomic E-state index is 12.4. The number of carbonyl (C=O) groups is 1. The monoisotopic (exact) mass is 375 g/mol. The predicted octanol–water partition coefficient (Wildman–Crippen LogP) is 3.57. The quantitative estimate of drug-likeness (QED) is 0.685. The van der Waals surface area contributed by atoms with Gasteiger partial charge in [-0.25, -0.2) is 15.0 Å². The largest absolute Gasteiger partial charge is 0.438 e. The Balaban J connectivity index is 1.65. The fourth-order valence-corrected chi connectivity index (χ4v) is 2.75. The number of rotatable bonds is 6. The van der Waals surface area contributed by atoms with Crippen molar-refractivity contribution in [3.8, 4) is 22.9 Å². The minimum absolute atomic E-state index is 0.0805. The summed E-state index contributed by atoms with van der Waals surface area (Å²) in [6.07, 6.45) is 5.44. The van der Waals surface area contributed by atoms with Crippen molar-refractivity contribution in [3.63, 3.8) is 0 Å². The van der Waals surface area contributed by atoms with E-state index in [0.717, 1.165) is 24.0 Å². The highest BCUT2D eigenvalue weighted by Crippen LogP contribution is 2.32. The van der Waals surface area contributed by atoms with Gasteiger partial charge in [0.05, 0.1) is 11.3 Å². The van der Waals surface area contributed by atoms with Crippen molar-refractivity contribution in [1.29, 1.82) is 0 Å². The summed E-state index contributed by atoms with van der Waals surface area (Å²) in [6, 6.07) is 11.3. The van der Waals surface area contributed by atoms with Gasteiger partial charge in [-0.15, -0.1) is 0 Å². The fourth-order valence-electron chi connectivity index (χ4n) is 2.75. The first-order valence-corrected chi connectivity index (χ1v) is 9.19. The van der Waals surface area contributed by atoms with Gasteiger partial charge >= 0.3 is 0 Å². The number of ether oxygens (including phenoxy) is 1. The van der Waals surface area contributed by atoms with Crippen molar-refractivity contribution in [1.82, 2.24) is 20.3 Å². The van der Waals surface area contributed by atoms with E-state index in [9.17, 15) is 4.79 Å². The molecule has 3 aromatic rings. The SMILES string of the molecule is CNc1nccc(-c2cccnc2Oc2cc(C(=O)NC3CC3)ccc2C)n1. The van der Waals surface area contributed by atoms with Crippen LogP contribution in [0.25, 0.3) is 11.3 Å². The highest BCUT2D eigenvalue weighted by Gasteiger charge is 2.24. The lowest BCUT2D eigenvalue weighted by molar-refractivity contribution is 0.0950. The summed E-state index contributed by atoms with van der Waals surface area (Å²) in [7, 11) is 1.77. The Hall–Kier alpha value is -3.48. The molecule has 2 N–H and O–H groups in total. The molecule has 4 rings (SSSR count). The summed E-state index contributed by atoms with van der Waals surface area (Å²) >= 11 is 0. The molecule has 0 unspecified atom stereocenters. The molecule has 1 aliphatic carbocycles. The van der Waals surface area contributed by atoms with E-state index in [1.54, 1.807) is 31.6 Å². The zero-order chi connectivity index (χ0) is 19.5. The summed E-state index contributed by atoms with van der Waals surface area (Å²) in [5, 5.41) is 5.92. The van der Waals surface area contributed by atoms with Crippen molar-refractivity contribution in [2.24, 2.45) is 0 Å². The summed E-state index contributed by atoms with van der Waals surface area (Å²) in [6.45, 7) is 1.93. The first-order chi connectivity index (χ1) is 13.6. The molecule has 7 heteroatoms. The van der Waals surface area contributed by atoms with E-state index in [1.165, 1.54) is 0 Å². The van der Waals surface area contributed by atoms with E-state index in [4.69, 9.17) is 4.74 Å². The van der Waals surface area contributed by atoms with Crippen LogP contribution < -0.4 is 15.4 Å². The number of aromatic nitrogens is 3. The minimum atomic E-state index is -0.0805. The summed E-state index contributed by atoms with van der Waals surface area (Å²) in [4.78, 5) is 25.3. The highest BCUT2D eigenvalue weighted by molar-refractivity contribution is 5.95.